The van der Waals surface area contributed by atoms with Crippen molar-refractivity contribution in [3.8, 4) is 11.5 Å². The van der Waals surface area contributed by atoms with Crippen LogP contribution in [0.15, 0.2) is 36.4 Å². The van der Waals surface area contributed by atoms with Gasteiger partial charge < -0.3 is 14.8 Å². The minimum Gasteiger partial charge on any atom is -0.454 e. The molecule has 1 N–H and O–H groups in total. The lowest BCUT2D eigenvalue weighted by molar-refractivity contribution is -0.116. The van der Waals surface area contributed by atoms with E-state index >= 15 is 0 Å². The molecule has 0 saturated heterocycles. The van der Waals surface area contributed by atoms with Crippen molar-refractivity contribution >= 4 is 11.6 Å². The predicted octanol–water partition coefficient (Wildman–Crippen LogP) is 7.74. The Morgan fingerprint density at radius 3 is 2.28 bits per heavy atom. The Hall–Kier alpha value is -2.49. The topological polar surface area (TPSA) is 47.6 Å². The predicted molar refractivity (Wildman–Crippen MR) is 132 cm³/mol. The van der Waals surface area contributed by atoms with Crippen LogP contribution < -0.4 is 14.8 Å². The van der Waals surface area contributed by atoms with Gasteiger partial charge >= 0.3 is 0 Å². The average molecular weight is 438 g/mol. The van der Waals surface area contributed by atoms with Crippen molar-refractivity contribution < 1.29 is 14.3 Å². The van der Waals surface area contributed by atoms with Crippen molar-refractivity contribution in [1.29, 1.82) is 0 Å². The molecule has 2 aromatic carbocycles. The monoisotopic (exact) mass is 437 g/mol. The molecule has 0 aromatic heterocycles. The average Bonchev–Trinajstić information content (AvgIpc) is 3.23. The SMILES string of the molecule is CCCCC[C@@H](CCC(=O)Nc1c(C(C)C)cccc1C(C)C)c1ccc2c(c1)OCO2. The first-order valence-corrected chi connectivity index (χ1v) is 12.2. The summed E-state index contributed by atoms with van der Waals surface area (Å²) >= 11 is 0. The highest BCUT2D eigenvalue weighted by molar-refractivity contribution is 5.92. The number of rotatable bonds is 11. The van der Waals surface area contributed by atoms with E-state index < -0.39 is 0 Å². The van der Waals surface area contributed by atoms with Crippen LogP contribution in [-0.4, -0.2) is 12.7 Å². The van der Waals surface area contributed by atoms with Crippen LogP contribution in [0.2, 0.25) is 0 Å². The summed E-state index contributed by atoms with van der Waals surface area (Å²) in [4.78, 5) is 13.1. The third-order valence-corrected chi connectivity index (χ3v) is 6.38. The molecular weight excluding hydrogens is 398 g/mol. The van der Waals surface area contributed by atoms with Gasteiger partial charge in [0.2, 0.25) is 12.7 Å². The number of ether oxygens (including phenoxy) is 2. The summed E-state index contributed by atoms with van der Waals surface area (Å²) in [6, 6.07) is 12.6. The quantitative estimate of drug-likeness (QED) is 0.366. The summed E-state index contributed by atoms with van der Waals surface area (Å²) in [6.07, 6.45) is 6.00. The summed E-state index contributed by atoms with van der Waals surface area (Å²) < 4.78 is 11.1. The summed E-state index contributed by atoms with van der Waals surface area (Å²) in [5, 5.41) is 3.27. The number of unbranched alkanes of at least 4 members (excludes halogenated alkanes) is 2. The van der Waals surface area contributed by atoms with Crippen molar-refractivity contribution in [1.82, 2.24) is 0 Å². The third-order valence-electron chi connectivity index (χ3n) is 6.38. The molecule has 0 bridgehead atoms. The summed E-state index contributed by atoms with van der Waals surface area (Å²) in [5.74, 6) is 2.79. The van der Waals surface area contributed by atoms with Gasteiger partial charge in [0.15, 0.2) is 11.5 Å². The molecule has 1 amide bonds. The largest absolute Gasteiger partial charge is 0.454 e. The molecule has 1 heterocycles. The molecule has 0 unspecified atom stereocenters. The number of carbonyl (C=O) groups excluding carboxylic acids is 1. The third kappa shape index (κ3) is 6.05. The van der Waals surface area contributed by atoms with Crippen LogP contribution in [0, 0.1) is 0 Å². The number of benzene rings is 2. The lowest BCUT2D eigenvalue weighted by Gasteiger charge is -2.21. The first-order chi connectivity index (χ1) is 15.4. The Morgan fingerprint density at radius 2 is 1.62 bits per heavy atom. The number of hydrogen-bond acceptors (Lipinski definition) is 3. The van der Waals surface area contributed by atoms with Crippen molar-refractivity contribution in [3.05, 3.63) is 53.1 Å². The van der Waals surface area contributed by atoms with E-state index in [1.807, 2.05) is 6.07 Å². The van der Waals surface area contributed by atoms with E-state index in [9.17, 15) is 4.79 Å². The van der Waals surface area contributed by atoms with Crippen LogP contribution >= 0.6 is 0 Å². The molecule has 4 heteroatoms. The van der Waals surface area contributed by atoms with E-state index in [0.717, 1.165) is 30.0 Å². The molecule has 32 heavy (non-hydrogen) atoms. The highest BCUT2D eigenvalue weighted by Gasteiger charge is 2.20. The smallest absolute Gasteiger partial charge is 0.231 e. The molecule has 1 aliphatic rings. The van der Waals surface area contributed by atoms with Gasteiger partial charge in [0, 0.05) is 12.1 Å². The first-order valence-electron chi connectivity index (χ1n) is 12.2. The number of para-hydroxylation sites is 1. The van der Waals surface area contributed by atoms with E-state index in [1.54, 1.807) is 0 Å². The zero-order valence-corrected chi connectivity index (χ0v) is 20.4. The molecule has 0 aliphatic carbocycles. The number of nitrogens with one attached hydrogen (secondary N) is 1. The highest BCUT2D eigenvalue weighted by Crippen LogP contribution is 2.38. The summed E-state index contributed by atoms with van der Waals surface area (Å²) in [6.45, 7) is 11.2. The van der Waals surface area contributed by atoms with Gasteiger partial charge in [-0.2, -0.15) is 0 Å². The van der Waals surface area contributed by atoms with Gasteiger partial charge in [0.05, 0.1) is 0 Å². The summed E-state index contributed by atoms with van der Waals surface area (Å²) in [7, 11) is 0. The number of hydrogen-bond donors (Lipinski definition) is 1. The Kier molecular flexibility index (Phi) is 8.60. The van der Waals surface area contributed by atoms with Crippen LogP contribution in [0.25, 0.3) is 0 Å². The second-order valence-corrected chi connectivity index (χ2v) is 9.51. The molecule has 0 spiro atoms. The Morgan fingerprint density at radius 1 is 0.938 bits per heavy atom. The number of amides is 1. The standard InChI is InChI=1S/C28H39NO3/c1-6-7-8-10-21(22-13-15-25-26(17-22)32-18-31-25)14-16-27(30)29-28-23(19(2)3)11-9-12-24(28)20(4)5/h9,11-13,15,17,19-21H,6-8,10,14,16,18H2,1-5H3,(H,29,30)/t21-/m0/s1. The van der Waals surface area contributed by atoms with E-state index in [2.05, 4.69) is 70.3 Å². The number of anilines is 1. The molecule has 1 atom stereocenters. The maximum Gasteiger partial charge on any atom is 0.231 e. The van der Waals surface area contributed by atoms with Gasteiger partial charge in [-0.3, -0.25) is 4.79 Å². The van der Waals surface area contributed by atoms with Crippen molar-refractivity contribution in [2.75, 3.05) is 12.1 Å². The normalized spacial score (nSPS) is 13.6. The van der Waals surface area contributed by atoms with E-state index in [0.29, 0.717) is 24.2 Å². The molecule has 4 nitrogen and oxygen atoms in total. The van der Waals surface area contributed by atoms with Gasteiger partial charge in [-0.05, 0) is 59.4 Å². The molecule has 0 fully saturated rings. The zero-order valence-electron chi connectivity index (χ0n) is 20.4. The number of carbonyl (C=O) groups is 1. The van der Waals surface area contributed by atoms with E-state index in [-0.39, 0.29) is 12.7 Å². The second-order valence-electron chi connectivity index (χ2n) is 9.51. The molecule has 2 aromatic rings. The van der Waals surface area contributed by atoms with Crippen molar-refractivity contribution in [2.45, 2.75) is 90.9 Å². The fraction of sp³-hybridized carbons (Fsp3) is 0.536. The maximum atomic E-state index is 13.1. The molecule has 0 radical (unpaired) electrons. The van der Waals surface area contributed by atoms with E-state index in [4.69, 9.17) is 9.47 Å². The van der Waals surface area contributed by atoms with Crippen LogP contribution in [0.1, 0.15) is 108 Å². The summed E-state index contributed by atoms with van der Waals surface area (Å²) in [5.41, 5.74) is 4.66. The van der Waals surface area contributed by atoms with Crippen molar-refractivity contribution in [3.63, 3.8) is 0 Å². The minimum absolute atomic E-state index is 0.0984. The fourth-order valence-electron chi connectivity index (χ4n) is 4.49. The lowest BCUT2D eigenvalue weighted by Crippen LogP contribution is -2.16. The Bertz CT molecular complexity index is 877. The Labute approximate surface area is 193 Å². The van der Waals surface area contributed by atoms with Crippen molar-refractivity contribution in [2.24, 2.45) is 0 Å². The Balaban J connectivity index is 1.72. The molecule has 174 valence electrons. The molecular formula is C28H39NO3. The van der Waals surface area contributed by atoms with Crippen LogP contribution in [-0.2, 0) is 4.79 Å². The molecule has 1 aliphatic heterocycles. The van der Waals surface area contributed by atoms with Gasteiger partial charge in [-0.1, -0.05) is 78.1 Å². The van der Waals surface area contributed by atoms with E-state index in [1.165, 1.54) is 36.0 Å². The maximum absolute atomic E-state index is 13.1. The highest BCUT2D eigenvalue weighted by atomic mass is 16.7. The van der Waals surface area contributed by atoms with Crippen LogP contribution in [0.3, 0.4) is 0 Å². The van der Waals surface area contributed by atoms with Crippen LogP contribution in [0.4, 0.5) is 5.69 Å². The minimum atomic E-state index is 0.0984. The van der Waals surface area contributed by atoms with Gasteiger partial charge in [0.1, 0.15) is 0 Å². The first kappa shape index (κ1) is 24.2. The fourth-order valence-corrected chi connectivity index (χ4v) is 4.49. The molecule has 3 rings (SSSR count). The lowest BCUT2D eigenvalue weighted by atomic mass is 9.88. The van der Waals surface area contributed by atoms with Gasteiger partial charge in [-0.25, -0.2) is 0 Å². The molecule has 0 saturated carbocycles. The number of fused-ring (bicyclic) bond motifs is 1. The zero-order chi connectivity index (χ0) is 23.1. The van der Waals surface area contributed by atoms with Gasteiger partial charge in [-0.15, -0.1) is 0 Å². The second kappa shape index (κ2) is 11.4. The van der Waals surface area contributed by atoms with Gasteiger partial charge in [0.25, 0.3) is 0 Å². The van der Waals surface area contributed by atoms with Crippen LogP contribution in [0.5, 0.6) is 11.5 Å².